The molecular weight excluding hydrogens is 284 g/mol. The van der Waals surface area contributed by atoms with Gasteiger partial charge >= 0.3 is 5.97 Å². The largest absolute Gasteiger partial charge is 0.478 e. The second-order valence-corrected chi connectivity index (χ2v) is 4.62. The molecule has 1 heterocycles. The first-order chi connectivity index (χ1) is 9.95. The maximum Gasteiger partial charge on any atom is 0.339 e. The third kappa shape index (κ3) is 3.14. The molecule has 1 saturated heterocycles. The molecule has 0 amide bonds. The molecule has 8 nitrogen and oxygen atoms in total. The van der Waals surface area contributed by atoms with E-state index < -0.39 is 43.3 Å². The molecule has 0 bridgehead atoms. The van der Waals surface area contributed by atoms with Gasteiger partial charge in [0.15, 0.2) is 0 Å². The van der Waals surface area contributed by atoms with Crippen LogP contribution >= 0.6 is 0 Å². The average Bonchev–Trinajstić information content (AvgIpc) is 2.48. The molecule has 0 aromatic heterocycles. The van der Waals surface area contributed by atoms with Gasteiger partial charge in [-0.1, -0.05) is 12.1 Å². The van der Waals surface area contributed by atoms with E-state index >= 15 is 0 Å². The van der Waals surface area contributed by atoms with Gasteiger partial charge in [-0.05, 0) is 12.1 Å². The van der Waals surface area contributed by atoms with Crippen LogP contribution in [0, 0.1) is 0 Å². The van der Waals surface area contributed by atoms with Crippen LogP contribution in [-0.2, 0) is 4.74 Å². The van der Waals surface area contributed by atoms with Gasteiger partial charge < -0.3 is 35.0 Å². The van der Waals surface area contributed by atoms with Gasteiger partial charge in [0.1, 0.15) is 35.7 Å². The van der Waals surface area contributed by atoms with Crippen molar-refractivity contribution in [3.05, 3.63) is 29.8 Å². The Morgan fingerprint density at radius 2 is 1.81 bits per heavy atom. The number of aliphatic hydroxyl groups is 4. The summed E-state index contributed by atoms with van der Waals surface area (Å²) >= 11 is 0. The van der Waals surface area contributed by atoms with Crippen LogP contribution in [0.15, 0.2) is 24.3 Å². The zero-order valence-corrected chi connectivity index (χ0v) is 10.9. The summed E-state index contributed by atoms with van der Waals surface area (Å²) < 4.78 is 10.4. The van der Waals surface area contributed by atoms with Gasteiger partial charge in [0.2, 0.25) is 6.29 Å². The molecule has 1 unspecified atom stereocenters. The number of benzene rings is 1. The van der Waals surface area contributed by atoms with Crippen molar-refractivity contribution in [2.45, 2.75) is 30.7 Å². The highest BCUT2D eigenvalue weighted by atomic mass is 16.7. The lowest BCUT2D eigenvalue weighted by Gasteiger charge is -2.39. The average molecular weight is 300 g/mol. The maximum atomic E-state index is 11.1. The van der Waals surface area contributed by atoms with Crippen LogP contribution < -0.4 is 4.74 Å². The lowest BCUT2D eigenvalue weighted by Crippen LogP contribution is -2.60. The van der Waals surface area contributed by atoms with Crippen molar-refractivity contribution in [3.8, 4) is 5.75 Å². The van der Waals surface area contributed by atoms with Crippen molar-refractivity contribution in [2.24, 2.45) is 0 Å². The van der Waals surface area contributed by atoms with E-state index in [1.165, 1.54) is 24.3 Å². The van der Waals surface area contributed by atoms with Crippen LogP contribution in [0.1, 0.15) is 10.4 Å². The van der Waals surface area contributed by atoms with E-state index in [0.717, 1.165) is 0 Å². The van der Waals surface area contributed by atoms with Crippen molar-refractivity contribution in [2.75, 3.05) is 6.61 Å². The second-order valence-electron chi connectivity index (χ2n) is 4.62. The minimum atomic E-state index is -1.59. The summed E-state index contributed by atoms with van der Waals surface area (Å²) in [6.07, 6.45) is -7.21. The van der Waals surface area contributed by atoms with Gasteiger partial charge in [0, 0.05) is 0 Å². The topological polar surface area (TPSA) is 137 Å². The number of aromatic carboxylic acids is 1. The molecule has 1 aromatic rings. The Balaban J connectivity index is 2.20. The summed E-state index contributed by atoms with van der Waals surface area (Å²) in [6.45, 7) is -0.592. The fourth-order valence-electron chi connectivity index (χ4n) is 2.04. The molecule has 1 aromatic carbocycles. The molecule has 5 atom stereocenters. The van der Waals surface area contributed by atoms with Crippen LogP contribution in [0.4, 0.5) is 0 Å². The summed E-state index contributed by atoms with van der Waals surface area (Å²) in [7, 11) is 0. The minimum Gasteiger partial charge on any atom is -0.478 e. The van der Waals surface area contributed by atoms with Crippen molar-refractivity contribution in [1.29, 1.82) is 0 Å². The number of rotatable bonds is 4. The Morgan fingerprint density at radius 3 is 2.43 bits per heavy atom. The molecule has 0 spiro atoms. The molecule has 1 aliphatic heterocycles. The van der Waals surface area contributed by atoms with Crippen molar-refractivity contribution < 1.29 is 39.8 Å². The van der Waals surface area contributed by atoms with E-state index in [2.05, 4.69) is 0 Å². The number of carboxylic acids is 1. The van der Waals surface area contributed by atoms with E-state index in [9.17, 15) is 20.1 Å². The highest BCUT2D eigenvalue weighted by Gasteiger charge is 2.44. The number of ether oxygens (including phenoxy) is 2. The number of para-hydroxylation sites is 1. The summed E-state index contributed by atoms with van der Waals surface area (Å²) in [6, 6.07) is 5.71. The quantitative estimate of drug-likeness (QED) is 0.456. The predicted molar refractivity (Wildman–Crippen MR) is 67.8 cm³/mol. The molecule has 2 rings (SSSR count). The van der Waals surface area contributed by atoms with Crippen LogP contribution in [0.25, 0.3) is 0 Å². The van der Waals surface area contributed by atoms with Crippen molar-refractivity contribution in [3.63, 3.8) is 0 Å². The smallest absolute Gasteiger partial charge is 0.339 e. The molecule has 5 N–H and O–H groups in total. The fourth-order valence-corrected chi connectivity index (χ4v) is 2.04. The standard InChI is InChI=1S/C13H16O8/c14-5-8-9(15)10(16)11(17)13(21-8)20-7-4-2-1-3-6(7)12(18)19/h1-4,8-11,13-17H,5H2,(H,18,19)/t8-,9-,10+,11-,13?/m1/s1. The van der Waals surface area contributed by atoms with E-state index in [1.54, 1.807) is 0 Å². The Kier molecular flexibility index (Phi) is 4.76. The van der Waals surface area contributed by atoms with Gasteiger partial charge in [-0.15, -0.1) is 0 Å². The highest BCUT2D eigenvalue weighted by Crippen LogP contribution is 2.26. The Labute approximate surface area is 119 Å². The van der Waals surface area contributed by atoms with E-state index in [0.29, 0.717) is 0 Å². The van der Waals surface area contributed by atoms with Crippen molar-refractivity contribution in [1.82, 2.24) is 0 Å². The highest BCUT2D eigenvalue weighted by molar-refractivity contribution is 5.90. The first-order valence-electron chi connectivity index (χ1n) is 6.25. The molecule has 0 saturated carbocycles. The van der Waals surface area contributed by atoms with Gasteiger partial charge in [-0.25, -0.2) is 4.79 Å². The summed E-state index contributed by atoms with van der Waals surface area (Å²) in [4.78, 5) is 11.1. The molecule has 0 aliphatic carbocycles. The lowest BCUT2D eigenvalue weighted by atomic mass is 9.99. The Bertz CT molecular complexity index is 503. The number of carbonyl (C=O) groups is 1. The normalized spacial score (nSPS) is 32.7. The van der Waals surface area contributed by atoms with Crippen LogP contribution in [0.2, 0.25) is 0 Å². The van der Waals surface area contributed by atoms with Gasteiger partial charge in [-0.2, -0.15) is 0 Å². The third-order valence-electron chi connectivity index (χ3n) is 3.21. The second kappa shape index (κ2) is 6.37. The lowest BCUT2D eigenvalue weighted by molar-refractivity contribution is -0.277. The Morgan fingerprint density at radius 1 is 1.14 bits per heavy atom. The summed E-state index contributed by atoms with van der Waals surface area (Å²) in [5, 5.41) is 47.2. The molecule has 1 fully saturated rings. The van der Waals surface area contributed by atoms with E-state index in [-0.39, 0.29) is 11.3 Å². The zero-order valence-electron chi connectivity index (χ0n) is 10.9. The molecular formula is C13H16O8. The van der Waals surface area contributed by atoms with Crippen molar-refractivity contribution >= 4 is 5.97 Å². The van der Waals surface area contributed by atoms with Gasteiger partial charge in [0.05, 0.1) is 6.61 Å². The van der Waals surface area contributed by atoms with Crippen LogP contribution in [0.5, 0.6) is 5.75 Å². The number of hydrogen-bond acceptors (Lipinski definition) is 7. The SMILES string of the molecule is O=C(O)c1ccccc1OC1O[C@H](CO)[C@@H](O)[C@H](O)[C@H]1O. The van der Waals surface area contributed by atoms with Gasteiger partial charge in [0.25, 0.3) is 0 Å². The van der Waals surface area contributed by atoms with Crippen LogP contribution in [-0.4, -0.2) is 68.8 Å². The van der Waals surface area contributed by atoms with Crippen LogP contribution in [0.3, 0.4) is 0 Å². The molecule has 21 heavy (non-hydrogen) atoms. The Hall–Kier alpha value is -1.71. The minimum absolute atomic E-state index is 0.0608. The molecule has 116 valence electrons. The number of aliphatic hydroxyl groups excluding tert-OH is 4. The van der Waals surface area contributed by atoms with E-state index in [1.807, 2.05) is 0 Å². The van der Waals surface area contributed by atoms with E-state index in [4.69, 9.17) is 19.7 Å². The molecule has 0 radical (unpaired) electrons. The summed E-state index contributed by atoms with van der Waals surface area (Å²) in [5.74, 6) is -1.29. The number of hydrogen-bond donors (Lipinski definition) is 5. The number of carboxylic acid groups (broad SMARTS) is 1. The van der Waals surface area contributed by atoms with Gasteiger partial charge in [-0.3, -0.25) is 0 Å². The first-order valence-corrected chi connectivity index (χ1v) is 6.25. The first kappa shape index (κ1) is 15.7. The zero-order chi connectivity index (χ0) is 15.6. The third-order valence-corrected chi connectivity index (χ3v) is 3.21. The monoisotopic (exact) mass is 300 g/mol. The summed E-state index contributed by atoms with van der Waals surface area (Å²) in [5.41, 5.74) is -0.144. The maximum absolute atomic E-state index is 11.1. The molecule has 1 aliphatic rings. The predicted octanol–water partition coefficient (Wildman–Crippen LogP) is -1.44. The molecule has 8 heteroatoms. The fraction of sp³-hybridized carbons (Fsp3) is 0.462.